The number of alkyl halides is 3. The summed E-state index contributed by atoms with van der Waals surface area (Å²) in [6.45, 7) is 1.67. The predicted octanol–water partition coefficient (Wildman–Crippen LogP) is 4.66. The largest absolute Gasteiger partial charge is 0.416 e. The van der Waals surface area contributed by atoms with Gasteiger partial charge in [0.05, 0.1) is 5.56 Å². The van der Waals surface area contributed by atoms with E-state index in [0.717, 1.165) is 12.1 Å². The number of rotatable bonds is 2. The molecule has 0 unspecified atom stereocenters. The van der Waals surface area contributed by atoms with Crippen LogP contribution in [0.5, 0.6) is 0 Å². The average Bonchev–Trinajstić information content (AvgIpc) is 2.67. The van der Waals surface area contributed by atoms with Crippen LogP contribution in [0.4, 0.5) is 24.8 Å². The Bertz CT molecular complexity index is 1190. The zero-order valence-electron chi connectivity index (χ0n) is 15.5. The molecule has 2 N–H and O–H groups in total. The molecule has 3 aromatic rings. The van der Waals surface area contributed by atoms with Crippen LogP contribution in [0.3, 0.4) is 0 Å². The molecule has 0 amide bonds. The van der Waals surface area contributed by atoms with Crippen LogP contribution in [0.15, 0.2) is 64.4 Å². The van der Waals surface area contributed by atoms with Gasteiger partial charge in [-0.1, -0.05) is 29.8 Å². The summed E-state index contributed by atoms with van der Waals surface area (Å²) < 4.78 is 40.4. The van der Waals surface area contributed by atoms with Gasteiger partial charge in [-0.2, -0.15) is 13.2 Å². The van der Waals surface area contributed by atoms with Gasteiger partial charge in [0.2, 0.25) is 11.9 Å². The Labute approximate surface area is 174 Å². The van der Waals surface area contributed by atoms with Crippen molar-refractivity contribution in [1.82, 2.24) is 9.55 Å². The van der Waals surface area contributed by atoms with E-state index in [1.54, 1.807) is 31.2 Å². The molecule has 1 aliphatic rings. The second-order valence-corrected chi connectivity index (χ2v) is 7.10. The summed E-state index contributed by atoms with van der Waals surface area (Å²) in [6.07, 6.45) is -5.24. The van der Waals surface area contributed by atoms with Gasteiger partial charge < -0.3 is 5.32 Å². The van der Waals surface area contributed by atoms with E-state index in [4.69, 9.17) is 11.6 Å². The van der Waals surface area contributed by atoms with Gasteiger partial charge >= 0.3 is 6.18 Å². The van der Waals surface area contributed by atoms with Crippen molar-refractivity contribution in [3.05, 3.63) is 86.8 Å². The fraction of sp³-hybridized carbons (Fsp3) is 0.150. The second kappa shape index (κ2) is 7.49. The molecule has 1 aromatic heterocycles. The minimum absolute atomic E-state index is 0.159. The fourth-order valence-electron chi connectivity index (χ4n) is 3.08. The highest BCUT2D eigenvalue weighted by Gasteiger charge is 2.31. The Kier molecular flexibility index (Phi) is 4.98. The maximum atomic E-state index is 13.0. The highest BCUT2D eigenvalue weighted by molar-refractivity contribution is 6.30. The SMILES string of the molecule is Cc1cc(=O)n2c(n1)NC(Nc1cccc(C(F)(F)F)c1)=N[C@H]2c1ccc(Cl)cc1. The Morgan fingerprint density at radius 2 is 1.87 bits per heavy atom. The van der Waals surface area contributed by atoms with Crippen LogP contribution < -0.4 is 16.2 Å². The van der Waals surface area contributed by atoms with E-state index in [1.165, 1.54) is 22.8 Å². The Morgan fingerprint density at radius 1 is 1.13 bits per heavy atom. The number of anilines is 2. The van der Waals surface area contributed by atoms with E-state index >= 15 is 0 Å². The summed E-state index contributed by atoms with van der Waals surface area (Å²) in [5.41, 5.74) is 0.247. The standard InChI is InChI=1S/C20H15ClF3N5O/c1-11-9-16(30)29-17(12-5-7-14(21)8-6-12)27-18(28-19(29)25-11)26-15-4-2-3-13(10-15)20(22,23)24/h2-10,17H,1H3,(H2,25,26,27,28)/t17-/m1/s1. The maximum Gasteiger partial charge on any atom is 0.416 e. The van der Waals surface area contributed by atoms with Gasteiger partial charge in [0, 0.05) is 22.5 Å². The normalized spacial score (nSPS) is 15.8. The number of guanidine groups is 1. The van der Waals surface area contributed by atoms with Crippen molar-refractivity contribution in [3.63, 3.8) is 0 Å². The first-order valence-corrected chi connectivity index (χ1v) is 9.23. The molecular weight excluding hydrogens is 419 g/mol. The number of fused-ring (bicyclic) bond motifs is 1. The molecule has 0 saturated carbocycles. The van der Waals surface area contributed by atoms with E-state index in [0.29, 0.717) is 16.3 Å². The summed E-state index contributed by atoms with van der Waals surface area (Å²) in [6, 6.07) is 12.9. The highest BCUT2D eigenvalue weighted by atomic mass is 35.5. The number of aryl methyl sites for hydroxylation is 1. The number of hydrogen-bond donors (Lipinski definition) is 2. The smallest absolute Gasteiger partial charge is 0.326 e. The lowest BCUT2D eigenvalue weighted by Gasteiger charge is -2.27. The molecule has 2 heterocycles. The van der Waals surface area contributed by atoms with E-state index in [-0.39, 0.29) is 23.2 Å². The number of benzene rings is 2. The molecule has 0 spiro atoms. The number of aromatic nitrogens is 2. The summed E-state index contributed by atoms with van der Waals surface area (Å²) in [5, 5.41) is 6.24. The third kappa shape index (κ3) is 4.02. The molecular formula is C20H15ClF3N5O. The molecule has 10 heteroatoms. The monoisotopic (exact) mass is 433 g/mol. The molecule has 154 valence electrons. The number of nitrogens with one attached hydrogen (secondary N) is 2. The van der Waals surface area contributed by atoms with Gasteiger partial charge in [-0.05, 0) is 42.8 Å². The summed E-state index contributed by atoms with van der Waals surface area (Å²) in [7, 11) is 0. The quantitative estimate of drug-likeness (QED) is 0.616. The maximum absolute atomic E-state index is 13.0. The van der Waals surface area contributed by atoms with Crippen molar-refractivity contribution in [2.75, 3.05) is 10.6 Å². The molecule has 0 bridgehead atoms. The summed E-state index contributed by atoms with van der Waals surface area (Å²) >= 11 is 5.96. The lowest BCUT2D eigenvalue weighted by molar-refractivity contribution is -0.137. The van der Waals surface area contributed by atoms with Crippen LogP contribution in [0.2, 0.25) is 5.02 Å². The van der Waals surface area contributed by atoms with Gasteiger partial charge in [-0.15, -0.1) is 0 Å². The first kappa shape index (κ1) is 20.0. The average molecular weight is 434 g/mol. The number of aliphatic imine (C=N–C) groups is 1. The lowest BCUT2D eigenvalue weighted by Crippen LogP contribution is -2.37. The molecule has 0 saturated heterocycles. The Hall–Kier alpha value is -3.33. The van der Waals surface area contributed by atoms with Crippen LogP contribution in [0, 0.1) is 6.92 Å². The van der Waals surface area contributed by atoms with Gasteiger partial charge in [-0.25, -0.2) is 9.98 Å². The van der Waals surface area contributed by atoms with Crippen LogP contribution in [-0.2, 0) is 6.18 Å². The zero-order valence-corrected chi connectivity index (χ0v) is 16.3. The van der Waals surface area contributed by atoms with E-state index in [1.807, 2.05) is 0 Å². The number of hydrogen-bond acceptors (Lipinski definition) is 5. The zero-order chi connectivity index (χ0) is 21.5. The molecule has 0 fully saturated rings. The predicted molar refractivity (Wildman–Crippen MR) is 109 cm³/mol. The third-order valence-corrected chi connectivity index (χ3v) is 4.68. The van der Waals surface area contributed by atoms with Crippen LogP contribution >= 0.6 is 11.6 Å². The van der Waals surface area contributed by atoms with Gasteiger partial charge in [0.15, 0.2) is 6.17 Å². The minimum atomic E-state index is -4.47. The van der Waals surface area contributed by atoms with Gasteiger partial charge in [0.1, 0.15) is 0 Å². The molecule has 1 aliphatic heterocycles. The summed E-state index contributed by atoms with van der Waals surface area (Å²) in [5.74, 6) is 0.385. The lowest BCUT2D eigenvalue weighted by atomic mass is 10.1. The first-order chi connectivity index (χ1) is 14.2. The van der Waals surface area contributed by atoms with Crippen molar-refractivity contribution >= 4 is 29.2 Å². The molecule has 4 rings (SSSR count). The van der Waals surface area contributed by atoms with E-state index < -0.39 is 17.9 Å². The minimum Gasteiger partial charge on any atom is -0.326 e. The van der Waals surface area contributed by atoms with Gasteiger partial charge in [-0.3, -0.25) is 14.7 Å². The van der Waals surface area contributed by atoms with Crippen molar-refractivity contribution in [2.45, 2.75) is 19.3 Å². The highest BCUT2D eigenvalue weighted by Crippen LogP contribution is 2.31. The Morgan fingerprint density at radius 3 is 2.57 bits per heavy atom. The first-order valence-electron chi connectivity index (χ1n) is 8.85. The Balaban J connectivity index is 1.76. The molecule has 6 nitrogen and oxygen atoms in total. The van der Waals surface area contributed by atoms with Crippen LogP contribution in [-0.4, -0.2) is 15.5 Å². The molecule has 0 aliphatic carbocycles. The van der Waals surface area contributed by atoms with Crippen LogP contribution in [0.25, 0.3) is 0 Å². The second-order valence-electron chi connectivity index (χ2n) is 6.66. The molecule has 2 aromatic carbocycles. The van der Waals surface area contributed by atoms with Crippen molar-refractivity contribution < 1.29 is 13.2 Å². The van der Waals surface area contributed by atoms with E-state index in [2.05, 4.69) is 20.6 Å². The van der Waals surface area contributed by atoms with Gasteiger partial charge in [0.25, 0.3) is 5.56 Å². The van der Waals surface area contributed by atoms with E-state index in [9.17, 15) is 18.0 Å². The van der Waals surface area contributed by atoms with Crippen molar-refractivity contribution in [1.29, 1.82) is 0 Å². The topological polar surface area (TPSA) is 71.3 Å². The van der Waals surface area contributed by atoms with Crippen LogP contribution in [0.1, 0.15) is 23.0 Å². The fourth-order valence-corrected chi connectivity index (χ4v) is 3.21. The number of halogens is 4. The number of nitrogens with zero attached hydrogens (tertiary/aromatic N) is 3. The van der Waals surface area contributed by atoms with Crippen molar-refractivity contribution in [2.24, 2.45) is 4.99 Å². The third-order valence-electron chi connectivity index (χ3n) is 4.43. The molecule has 30 heavy (non-hydrogen) atoms. The molecule has 1 atom stereocenters. The van der Waals surface area contributed by atoms with Crippen molar-refractivity contribution in [3.8, 4) is 0 Å². The summed E-state index contributed by atoms with van der Waals surface area (Å²) in [4.78, 5) is 21.4. The molecule has 0 radical (unpaired) electrons.